The second kappa shape index (κ2) is 5.11. The van der Waals surface area contributed by atoms with Crippen molar-refractivity contribution in [1.82, 2.24) is 5.06 Å². The highest BCUT2D eigenvalue weighted by Crippen LogP contribution is 2.44. The zero-order chi connectivity index (χ0) is 14.5. The molecule has 0 aliphatic carbocycles. The van der Waals surface area contributed by atoms with Gasteiger partial charge in [-0.15, -0.1) is 5.06 Å². The van der Waals surface area contributed by atoms with E-state index in [1.165, 1.54) is 0 Å². The zero-order valence-corrected chi connectivity index (χ0v) is 12.8. The number of rotatable bonds is 2. The molecule has 102 valence electrons. The summed E-state index contributed by atoms with van der Waals surface area (Å²) in [6.07, 6.45) is -0.370. The lowest BCUT2D eigenvalue weighted by molar-refractivity contribution is -0.120. The number of hydrogen-bond acceptors (Lipinski definition) is 3. The van der Waals surface area contributed by atoms with Crippen LogP contribution in [0.2, 0.25) is 20.1 Å². The van der Waals surface area contributed by atoms with Gasteiger partial charge in [-0.05, 0) is 13.8 Å². The third kappa shape index (κ3) is 2.22. The van der Waals surface area contributed by atoms with Crippen molar-refractivity contribution in [1.29, 1.82) is 0 Å². The van der Waals surface area contributed by atoms with Crippen LogP contribution in [0.5, 0.6) is 0 Å². The van der Waals surface area contributed by atoms with Crippen LogP contribution in [0.15, 0.2) is 0 Å². The van der Waals surface area contributed by atoms with Crippen LogP contribution in [-0.4, -0.2) is 23.0 Å². The van der Waals surface area contributed by atoms with Gasteiger partial charge >= 0.3 is 0 Å². The summed E-state index contributed by atoms with van der Waals surface area (Å²) in [7, 11) is 0. The highest BCUT2D eigenvalue weighted by Gasteiger charge is 2.43. The Labute approximate surface area is 129 Å². The predicted molar refractivity (Wildman–Crippen MR) is 73.2 cm³/mol. The molecule has 0 bridgehead atoms. The van der Waals surface area contributed by atoms with Crippen molar-refractivity contribution in [3.8, 4) is 0 Å². The first kappa shape index (κ1) is 14.9. The third-order valence-corrected chi connectivity index (χ3v) is 4.18. The molecule has 0 fully saturated rings. The van der Waals surface area contributed by atoms with Gasteiger partial charge in [0.2, 0.25) is 0 Å². The highest BCUT2D eigenvalue weighted by molar-refractivity contribution is 6.55. The average molecular weight is 343 g/mol. The maximum Gasteiger partial charge on any atom is 0.287 e. The van der Waals surface area contributed by atoms with E-state index >= 15 is 0 Å². The summed E-state index contributed by atoms with van der Waals surface area (Å²) in [6, 6.07) is 0. The molecule has 1 aliphatic heterocycles. The zero-order valence-electron chi connectivity index (χ0n) is 9.76. The maximum absolute atomic E-state index is 12.1. The second-order valence-electron chi connectivity index (χ2n) is 4.06. The quantitative estimate of drug-likeness (QED) is 0.459. The maximum atomic E-state index is 12.1. The number of halogens is 4. The van der Waals surface area contributed by atoms with Crippen molar-refractivity contribution < 1.29 is 14.4 Å². The van der Waals surface area contributed by atoms with Gasteiger partial charge in [0.1, 0.15) is 0 Å². The van der Waals surface area contributed by atoms with E-state index in [-0.39, 0.29) is 37.3 Å². The van der Waals surface area contributed by atoms with Gasteiger partial charge in [-0.1, -0.05) is 46.4 Å². The molecule has 8 heteroatoms. The number of nitrogens with zero attached hydrogens (tertiary/aromatic N) is 1. The van der Waals surface area contributed by atoms with Gasteiger partial charge in [-0.25, -0.2) is 0 Å². The van der Waals surface area contributed by atoms with E-state index in [0.29, 0.717) is 5.06 Å². The normalized spacial score (nSPS) is 14.6. The van der Waals surface area contributed by atoms with Crippen molar-refractivity contribution in [2.45, 2.75) is 20.0 Å². The molecule has 0 saturated heterocycles. The van der Waals surface area contributed by atoms with Crippen LogP contribution >= 0.6 is 46.4 Å². The van der Waals surface area contributed by atoms with Crippen LogP contribution in [0.3, 0.4) is 0 Å². The molecular weight excluding hydrogens is 336 g/mol. The molecule has 2 amide bonds. The summed E-state index contributed by atoms with van der Waals surface area (Å²) in [6.45, 7) is 3.35. The Morgan fingerprint density at radius 3 is 1.53 bits per heavy atom. The summed E-state index contributed by atoms with van der Waals surface area (Å²) in [5.41, 5.74) is -0.182. The van der Waals surface area contributed by atoms with Crippen molar-refractivity contribution in [3.63, 3.8) is 0 Å². The molecule has 0 saturated carbocycles. The molecule has 2 rings (SSSR count). The Kier molecular flexibility index (Phi) is 4.00. The van der Waals surface area contributed by atoms with Gasteiger partial charge in [0.05, 0.1) is 37.3 Å². The van der Waals surface area contributed by atoms with Crippen molar-refractivity contribution in [2.24, 2.45) is 0 Å². The molecule has 4 nitrogen and oxygen atoms in total. The smallest absolute Gasteiger partial charge is 0.266 e. The predicted octanol–water partition coefficient (Wildman–Crippen LogP) is 4.24. The molecule has 19 heavy (non-hydrogen) atoms. The minimum Gasteiger partial charge on any atom is -0.266 e. The Balaban J connectivity index is 2.66. The third-order valence-electron chi connectivity index (χ3n) is 2.38. The highest BCUT2D eigenvalue weighted by atomic mass is 35.5. The second-order valence-corrected chi connectivity index (χ2v) is 5.58. The van der Waals surface area contributed by atoms with Gasteiger partial charge in [0.25, 0.3) is 11.8 Å². The minimum atomic E-state index is -0.709. The van der Waals surface area contributed by atoms with Gasteiger partial charge in [0, 0.05) is 0 Å². The molecule has 1 aromatic carbocycles. The van der Waals surface area contributed by atoms with Crippen molar-refractivity contribution >= 4 is 58.2 Å². The summed E-state index contributed by atoms with van der Waals surface area (Å²) < 4.78 is 0. The lowest BCUT2D eigenvalue weighted by Crippen LogP contribution is -2.32. The lowest BCUT2D eigenvalue weighted by atomic mass is 10.1. The van der Waals surface area contributed by atoms with Crippen molar-refractivity contribution in [3.05, 3.63) is 31.2 Å². The molecular formula is C11H7Cl4NO3. The number of hydrogen-bond donors (Lipinski definition) is 0. The summed E-state index contributed by atoms with van der Waals surface area (Å²) in [4.78, 5) is 29.4. The van der Waals surface area contributed by atoms with Gasteiger partial charge in [-0.3, -0.25) is 14.4 Å². The number of amides is 2. The molecule has 0 unspecified atom stereocenters. The first-order chi connectivity index (χ1) is 8.77. The summed E-state index contributed by atoms with van der Waals surface area (Å²) in [5, 5.41) is 0.248. The van der Waals surface area contributed by atoms with E-state index in [9.17, 15) is 9.59 Å². The SMILES string of the molecule is CC(C)ON1C(=O)c2c(Cl)c(Cl)c(Cl)c(Cl)c2C1=O. The van der Waals surface area contributed by atoms with Crippen LogP contribution in [0.25, 0.3) is 0 Å². The van der Waals surface area contributed by atoms with E-state index in [1.807, 2.05) is 0 Å². The van der Waals surface area contributed by atoms with E-state index in [1.54, 1.807) is 13.8 Å². The Bertz CT molecular complexity index is 553. The van der Waals surface area contributed by atoms with Crippen LogP contribution in [0.4, 0.5) is 0 Å². The number of carbonyl (C=O) groups is 2. The van der Waals surface area contributed by atoms with Crippen molar-refractivity contribution in [2.75, 3.05) is 0 Å². The molecule has 1 heterocycles. The standard InChI is InChI=1S/C11H7Cl4NO3/c1-3(2)19-16-10(17)4-5(11(16)18)7(13)9(15)8(14)6(4)12/h3H,1-2H3. The first-order valence-electron chi connectivity index (χ1n) is 5.18. The fourth-order valence-corrected chi connectivity index (χ4v) is 2.65. The molecule has 0 N–H and O–H groups in total. The van der Waals surface area contributed by atoms with Crippen LogP contribution < -0.4 is 0 Å². The number of benzene rings is 1. The Morgan fingerprint density at radius 1 is 0.842 bits per heavy atom. The first-order valence-corrected chi connectivity index (χ1v) is 6.70. The molecule has 0 atom stereocenters. The topological polar surface area (TPSA) is 46.6 Å². The van der Waals surface area contributed by atoms with Crippen LogP contribution in [-0.2, 0) is 4.84 Å². The minimum absolute atomic E-state index is 0.0698. The van der Waals surface area contributed by atoms with E-state index in [0.717, 1.165) is 0 Å². The van der Waals surface area contributed by atoms with E-state index in [4.69, 9.17) is 51.2 Å². The average Bonchev–Trinajstić information content (AvgIpc) is 2.58. The fraction of sp³-hybridized carbons (Fsp3) is 0.273. The number of carbonyl (C=O) groups excluding carboxylic acids is 2. The summed E-state index contributed by atoms with van der Waals surface area (Å²) >= 11 is 23.6. The molecule has 0 radical (unpaired) electrons. The molecule has 0 spiro atoms. The van der Waals surface area contributed by atoms with Crippen LogP contribution in [0, 0.1) is 0 Å². The Hall–Kier alpha value is -0.520. The van der Waals surface area contributed by atoms with Gasteiger partial charge < -0.3 is 0 Å². The lowest BCUT2D eigenvalue weighted by Gasteiger charge is -2.15. The molecule has 1 aromatic rings. The summed E-state index contributed by atoms with van der Waals surface area (Å²) in [5.74, 6) is -1.42. The molecule has 1 aliphatic rings. The van der Waals surface area contributed by atoms with E-state index in [2.05, 4.69) is 0 Å². The Morgan fingerprint density at radius 2 is 1.21 bits per heavy atom. The number of hydroxylamine groups is 2. The number of imide groups is 1. The number of fused-ring (bicyclic) bond motifs is 1. The van der Waals surface area contributed by atoms with Gasteiger partial charge in [0.15, 0.2) is 0 Å². The fourth-order valence-electron chi connectivity index (χ4n) is 1.64. The van der Waals surface area contributed by atoms with E-state index < -0.39 is 11.8 Å². The molecule has 0 aromatic heterocycles. The van der Waals surface area contributed by atoms with Crippen LogP contribution in [0.1, 0.15) is 34.6 Å². The monoisotopic (exact) mass is 341 g/mol. The van der Waals surface area contributed by atoms with Gasteiger partial charge in [-0.2, -0.15) is 0 Å². The largest absolute Gasteiger partial charge is 0.287 e.